The second-order valence-electron chi connectivity index (χ2n) is 5.05. The lowest BCUT2D eigenvalue weighted by molar-refractivity contribution is 0.438. The van der Waals surface area contributed by atoms with Gasteiger partial charge in [-0.05, 0) is 50.6 Å². The third kappa shape index (κ3) is 1.84. The number of imidazole rings is 1. The third-order valence-corrected chi connectivity index (χ3v) is 3.78. The molecule has 0 spiro atoms. The number of rotatable bonds is 1. The summed E-state index contributed by atoms with van der Waals surface area (Å²) in [6, 6.07) is 6.50. The summed E-state index contributed by atoms with van der Waals surface area (Å²) >= 11 is 0. The van der Waals surface area contributed by atoms with Crippen LogP contribution in [0.25, 0.3) is 11.0 Å². The van der Waals surface area contributed by atoms with E-state index in [0.29, 0.717) is 5.92 Å². The van der Waals surface area contributed by atoms with Gasteiger partial charge in [0.05, 0.1) is 11.0 Å². The summed E-state index contributed by atoms with van der Waals surface area (Å²) in [5.41, 5.74) is 3.70. The standard InChI is InChI=1S/C14H19N3/c1-10-3-4-12-13(9-10)17(2)14(16-12)11-5-7-15-8-6-11/h3-4,9,11,15H,5-8H2,1-2H3. The Morgan fingerprint density at radius 1 is 1.29 bits per heavy atom. The Morgan fingerprint density at radius 2 is 2.06 bits per heavy atom. The lowest BCUT2D eigenvalue weighted by Crippen LogP contribution is -2.27. The molecule has 3 nitrogen and oxygen atoms in total. The quantitative estimate of drug-likeness (QED) is 0.813. The van der Waals surface area contributed by atoms with Crippen molar-refractivity contribution in [3.8, 4) is 0 Å². The Bertz CT molecular complexity index is 536. The number of hydrogen-bond donors (Lipinski definition) is 1. The van der Waals surface area contributed by atoms with Gasteiger partial charge in [-0.25, -0.2) is 4.98 Å². The first-order valence-electron chi connectivity index (χ1n) is 6.39. The molecule has 3 rings (SSSR count). The van der Waals surface area contributed by atoms with Gasteiger partial charge in [0.25, 0.3) is 0 Å². The molecule has 1 aliphatic heterocycles. The highest BCUT2D eigenvalue weighted by Gasteiger charge is 2.20. The van der Waals surface area contributed by atoms with Crippen LogP contribution in [0.3, 0.4) is 0 Å². The largest absolute Gasteiger partial charge is 0.331 e. The predicted octanol–water partition coefficient (Wildman–Crippen LogP) is 2.35. The van der Waals surface area contributed by atoms with Crippen LogP contribution in [-0.2, 0) is 7.05 Å². The maximum atomic E-state index is 4.81. The molecule has 2 aromatic rings. The molecule has 1 saturated heterocycles. The van der Waals surface area contributed by atoms with Gasteiger partial charge >= 0.3 is 0 Å². The van der Waals surface area contributed by atoms with E-state index in [1.54, 1.807) is 0 Å². The summed E-state index contributed by atoms with van der Waals surface area (Å²) in [5, 5.41) is 3.41. The zero-order chi connectivity index (χ0) is 11.8. The maximum Gasteiger partial charge on any atom is 0.112 e. The summed E-state index contributed by atoms with van der Waals surface area (Å²) < 4.78 is 2.28. The van der Waals surface area contributed by atoms with Crippen molar-refractivity contribution >= 4 is 11.0 Å². The smallest absolute Gasteiger partial charge is 0.112 e. The van der Waals surface area contributed by atoms with E-state index in [9.17, 15) is 0 Å². The number of aromatic nitrogens is 2. The van der Waals surface area contributed by atoms with Crippen molar-refractivity contribution in [2.75, 3.05) is 13.1 Å². The van der Waals surface area contributed by atoms with Crippen LogP contribution in [0.2, 0.25) is 0 Å². The van der Waals surface area contributed by atoms with Crippen LogP contribution in [0.5, 0.6) is 0 Å². The highest BCUT2D eigenvalue weighted by molar-refractivity contribution is 5.76. The highest BCUT2D eigenvalue weighted by Crippen LogP contribution is 2.27. The van der Waals surface area contributed by atoms with Gasteiger partial charge in [-0.15, -0.1) is 0 Å². The molecule has 0 aliphatic carbocycles. The van der Waals surface area contributed by atoms with E-state index >= 15 is 0 Å². The number of nitrogens with zero attached hydrogens (tertiary/aromatic N) is 2. The van der Waals surface area contributed by atoms with Gasteiger partial charge in [0.1, 0.15) is 5.82 Å². The van der Waals surface area contributed by atoms with Crippen LogP contribution in [-0.4, -0.2) is 22.6 Å². The Hall–Kier alpha value is -1.35. The lowest BCUT2D eigenvalue weighted by atomic mass is 9.97. The van der Waals surface area contributed by atoms with Gasteiger partial charge in [0.15, 0.2) is 0 Å². The van der Waals surface area contributed by atoms with E-state index in [1.807, 2.05) is 0 Å². The first kappa shape index (κ1) is 10.8. The summed E-state index contributed by atoms with van der Waals surface area (Å²) in [4.78, 5) is 4.81. The van der Waals surface area contributed by atoms with E-state index in [0.717, 1.165) is 18.6 Å². The molecule has 17 heavy (non-hydrogen) atoms. The minimum absolute atomic E-state index is 0.619. The Morgan fingerprint density at radius 3 is 2.82 bits per heavy atom. The van der Waals surface area contributed by atoms with Gasteiger partial charge < -0.3 is 9.88 Å². The molecule has 0 bridgehead atoms. The van der Waals surface area contributed by atoms with E-state index in [1.165, 1.54) is 29.7 Å². The monoisotopic (exact) mass is 229 g/mol. The van der Waals surface area contributed by atoms with Crippen LogP contribution in [0.4, 0.5) is 0 Å². The molecular formula is C14H19N3. The number of aryl methyl sites for hydroxylation is 2. The van der Waals surface area contributed by atoms with Crippen molar-refractivity contribution in [2.45, 2.75) is 25.7 Å². The molecule has 0 amide bonds. The van der Waals surface area contributed by atoms with Crippen LogP contribution < -0.4 is 5.32 Å². The number of piperidine rings is 1. The molecule has 1 aromatic heterocycles. The maximum absolute atomic E-state index is 4.81. The van der Waals surface area contributed by atoms with Crippen molar-refractivity contribution in [3.63, 3.8) is 0 Å². The molecule has 2 heterocycles. The zero-order valence-electron chi connectivity index (χ0n) is 10.5. The summed E-state index contributed by atoms with van der Waals surface area (Å²) in [7, 11) is 2.14. The number of hydrogen-bond acceptors (Lipinski definition) is 2. The van der Waals surface area contributed by atoms with Crippen LogP contribution in [0.15, 0.2) is 18.2 Å². The SMILES string of the molecule is Cc1ccc2nc(C3CCNCC3)n(C)c2c1. The van der Waals surface area contributed by atoms with Crippen LogP contribution in [0, 0.1) is 6.92 Å². The van der Waals surface area contributed by atoms with Crippen LogP contribution >= 0.6 is 0 Å². The average Bonchev–Trinajstić information content (AvgIpc) is 2.68. The van der Waals surface area contributed by atoms with Crippen molar-refractivity contribution in [2.24, 2.45) is 7.05 Å². The number of nitrogens with one attached hydrogen (secondary N) is 1. The molecule has 1 fully saturated rings. The van der Waals surface area contributed by atoms with Crippen molar-refractivity contribution in [3.05, 3.63) is 29.6 Å². The van der Waals surface area contributed by atoms with E-state index in [-0.39, 0.29) is 0 Å². The minimum Gasteiger partial charge on any atom is -0.331 e. The van der Waals surface area contributed by atoms with Crippen molar-refractivity contribution in [1.82, 2.24) is 14.9 Å². The zero-order valence-corrected chi connectivity index (χ0v) is 10.5. The molecule has 1 N–H and O–H groups in total. The fourth-order valence-electron chi connectivity index (χ4n) is 2.76. The van der Waals surface area contributed by atoms with Gasteiger partial charge in [-0.1, -0.05) is 6.07 Å². The highest BCUT2D eigenvalue weighted by atomic mass is 15.1. The van der Waals surface area contributed by atoms with E-state index < -0.39 is 0 Å². The summed E-state index contributed by atoms with van der Waals surface area (Å²) in [5.74, 6) is 1.88. The molecule has 1 aliphatic rings. The van der Waals surface area contributed by atoms with Gasteiger partial charge in [-0.2, -0.15) is 0 Å². The number of fused-ring (bicyclic) bond motifs is 1. The fourth-order valence-corrected chi connectivity index (χ4v) is 2.76. The summed E-state index contributed by atoms with van der Waals surface area (Å²) in [6.45, 7) is 4.37. The molecule has 0 saturated carbocycles. The molecule has 0 atom stereocenters. The van der Waals surface area contributed by atoms with E-state index in [4.69, 9.17) is 4.98 Å². The second kappa shape index (κ2) is 4.15. The molecule has 0 radical (unpaired) electrons. The summed E-state index contributed by atoms with van der Waals surface area (Å²) in [6.07, 6.45) is 2.41. The molecule has 0 unspecified atom stereocenters. The molecule has 90 valence electrons. The Kier molecular flexibility index (Phi) is 2.63. The Balaban J connectivity index is 2.07. The molecular weight excluding hydrogens is 210 g/mol. The van der Waals surface area contributed by atoms with Gasteiger partial charge in [0, 0.05) is 13.0 Å². The van der Waals surface area contributed by atoms with Crippen molar-refractivity contribution in [1.29, 1.82) is 0 Å². The average molecular weight is 229 g/mol. The molecule has 3 heteroatoms. The second-order valence-corrected chi connectivity index (χ2v) is 5.05. The minimum atomic E-state index is 0.619. The van der Waals surface area contributed by atoms with Crippen LogP contribution in [0.1, 0.15) is 30.1 Å². The number of benzene rings is 1. The van der Waals surface area contributed by atoms with Crippen molar-refractivity contribution < 1.29 is 0 Å². The first-order chi connectivity index (χ1) is 8.25. The fraction of sp³-hybridized carbons (Fsp3) is 0.500. The predicted molar refractivity (Wildman–Crippen MR) is 70.3 cm³/mol. The first-order valence-corrected chi connectivity index (χ1v) is 6.39. The third-order valence-electron chi connectivity index (χ3n) is 3.78. The Labute approximate surface area is 102 Å². The normalized spacial score (nSPS) is 17.8. The molecule has 1 aromatic carbocycles. The van der Waals surface area contributed by atoms with Gasteiger partial charge in [-0.3, -0.25) is 0 Å². The van der Waals surface area contributed by atoms with Gasteiger partial charge in [0.2, 0.25) is 0 Å². The van der Waals surface area contributed by atoms with E-state index in [2.05, 4.69) is 42.1 Å². The lowest BCUT2D eigenvalue weighted by Gasteiger charge is -2.22. The topological polar surface area (TPSA) is 29.9 Å².